The van der Waals surface area contributed by atoms with Gasteiger partial charge in [0.1, 0.15) is 17.9 Å². The van der Waals surface area contributed by atoms with Crippen molar-refractivity contribution in [3.63, 3.8) is 0 Å². The molecule has 2 aromatic heterocycles. The van der Waals surface area contributed by atoms with Gasteiger partial charge in [0.05, 0.1) is 17.1 Å². The SMILES string of the molecule is Cc1ccccc1-n1c(Cc2ccccc2)nnc1SCc1nc(C(=O)N2CCN(c3ccccc3F)CC2)co1. The molecule has 3 aromatic carbocycles. The first-order chi connectivity index (χ1) is 20.1. The normalized spacial score (nSPS) is 13.5. The van der Waals surface area contributed by atoms with Crippen molar-refractivity contribution in [2.24, 2.45) is 0 Å². The number of anilines is 1. The van der Waals surface area contributed by atoms with E-state index in [0.717, 1.165) is 27.8 Å². The van der Waals surface area contributed by atoms with Crippen LogP contribution in [0.15, 0.2) is 94.7 Å². The molecule has 208 valence electrons. The summed E-state index contributed by atoms with van der Waals surface area (Å²) < 4.78 is 21.9. The number of amides is 1. The van der Waals surface area contributed by atoms with Crippen molar-refractivity contribution < 1.29 is 13.6 Å². The molecule has 0 atom stereocenters. The molecule has 0 saturated carbocycles. The topological polar surface area (TPSA) is 80.3 Å². The Labute approximate surface area is 241 Å². The first kappa shape index (κ1) is 26.8. The summed E-state index contributed by atoms with van der Waals surface area (Å²) in [4.78, 5) is 21.3. The van der Waals surface area contributed by atoms with Crippen molar-refractivity contribution in [2.45, 2.75) is 24.3 Å². The highest BCUT2D eigenvalue weighted by atomic mass is 32.2. The predicted octanol–water partition coefficient (Wildman–Crippen LogP) is 5.55. The fraction of sp³-hybridized carbons (Fsp3) is 0.226. The van der Waals surface area contributed by atoms with Crippen LogP contribution in [0.2, 0.25) is 0 Å². The van der Waals surface area contributed by atoms with Crippen molar-refractivity contribution in [1.82, 2.24) is 24.6 Å². The molecule has 3 heterocycles. The van der Waals surface area contributed by atoms with E-state index in [1.165, 1.54) is 24.1 Å². The number of oxazole rings is 1. The second kappa shape index (κ2) is 12.0. The van der Waals surface area contributed by atoms with E-state index in [9.17, 15) is 9.18 Å². The van der Waals surface area contributed by atoms with Gasteiger partial charge in [-0.05, 0) is 36.2 Å². The van der Waals surface area contributed by atoms with Gasteiger partial charge in [-0.2, -0.15) is 0 Å². The number of aromatic nitrogens is 4. The van der Waals surface area contributed by atoms with E-state index in [1.54, 1.807) is 17.0 Å². The Balaban J connectivity index is 1.13. The van der Waals surface area contributed by atoms with Crippen LogP contribution in [0, 0.1) is 12.7 Å². The maximum absolute atomic E-state index is 14.2. The summed E-state index contributed by atoms with van der Waals surface area (Å²) in [6.45, 7) is 4.13. The molecule has 1 aliphatic rings. The van der Waals surface area contributed by atoms with Crippen LogP contribution in [0.4, 0.5) is 10.1 Å². The maximum Gasteiger partial charge on any atom is 0.275 e. The summed E-state index contributed by atoms with van der Waals surface area (Å²) in [5, 5.41) is 9.74. The fourth-order valence-electron chi connectivity index (χ4n) is 4.97. The van der Waals surface area contributed by atoms with E-state index < -0.39 is 0 Å². The summed E-state index contributed by atoms with van der Waals surface area (Å²) in [6.07, 6.45) is 2.05. The van der Waals surface area contributed by atoms with Gasteiger partial charge in [-0.25, -0.2) is 9.37 Å². The highest BCUT2D eigenvalue weighted by molar-refractivity contribution is 7.98. The lowest BCUT2D eigenvalue weighted by Crippen LogP contribution is -2.49. The van der Waals surface area contributed by atoms with Gasteiger partial charge in [-0.15, -0.1) is 10.2 Å². The third-order valence-corrected chi connectivity index (χ3v) is 8.03. The molecule has 0 aliphatic carbocycles. The Morgan fingerprint density at radius 3 is 2.37 bits per heavy atom. The number of rotatable bonds is 8. The molecule has 8 nitrogen and oxygen atoms in total. The van der Waals surface area contributed by atoms with Crippen LogP contribution in [-0.4, -0.2) is 56.7 Å². The monoisotopic (exact) mass is 568 g/mol. The van der Waals surface area contributed by atoms with Gasteiger partial charge in [0, 0.05) is 32.6 Å². The first-order valence-corrected chi connectivity index (χ1v) is 14.5. The molecule has 1 amide bonds. The molecule has 0 N–H and O–H groups in total. The van der Waals surface area contributed by atoms with Crippen LogP contribution in [0.1, 0.15) is 33.3 Å². The minimum Gasteiger partial charge on any atom is -0.447 e. The molecule has 0 radical (unpaired) electrons. The van der Waals surface area contributed by atoms with Crippen LogP contribution in [0.3, 0.4) is 0 Å². The van der Waals surface area contributed by atoms with Gasteiger partial charge >= 0.3 is 0 Å². The van der Waals surface area contributed by atoms with E-state index in [-0.39, 0.29) is 17.4 Å². The molecule has 5 aromatic rings. The van der Waals surface area contributed by atoms with Crippen LogP contribution in [0.25, 0.3) is 5.69 Å². The van der Waals surface area contributed by atoms with Gasteiger partial charge in [-0.1, -0.05) is 72.4 Å². The van der Waals surface area contributed by atoms with Gasteiger partial charge in [0.25, 0.3) is 5.91 Å². The molecule has 0 unspecified atom stereocenters. The minimum absolute atomic E-state index is 0.189. The number of nitrogens with zero attached hydrogens (tertiary/aromatic N) is 6. The van der Waals surface area contributed by atoms with Crippen molar-refractivity contribution in [1.29, 1.82) is 0 Å². The molecule has 1 aliphatic heterocycles. The van der Waals surface area contributed by atoms with E-state index in [0.29, 0.717) is 49.9 Å². The largest absolute Gasteiger partial charge is 0.447 e. The molecule has 6 rings (SSSR count). The Morgan fingerprint density at radius 2 is 1.61 bits per heavy atom. The summed E-state index contributed by atoms with van der Waals surface area (Å²) in [7, 11) is 0. The average molecular weight is 569 g/mol. The van der Waals surface area contributed by atoms with Crippen LogP contribution < -0.4 is 4.90 Å². The highest BCUT2D eigenvalue weighted by Gasteiger charge is 2.26. The van der Waals surface area contributed by atoms with Gasteiger partial charge in [0.2, 0.25) is 5.89 Å². The van der Waals surface area contributed by atoms with Crippen molar-refractivity contribution >= 4 is 23.4 Å². The summed E-state index contributed by atoms with van der Waals surface area (Å²) in [5.74, 6) is 1.23. The Bertz CT molecular complexity index is 1650. The molecule has 1 fully saturated rings. The zero-order valence-corrected chi connectivity index (χ0v) is 23.4. The fourth-order valence-corrected chi connectivity index (χ4v) is 5.78. The molecular formula is C31H29FN6O2S. The third-order valence-electron chi connectivity index (χ3n) is 7.12. The molecule has 0 bridgehead atoms. The standard InChI is InChI=1S/C31H29FN6O2S/c1-22-9-5-7-13-26(22)38-28(19-23-10-3-2-4-11-23)34-35-31(38)41-21-29-33-25(20-40-29)30(39)37-17-15-36(16-18-37)27-14-8-6-12-24(27)32/h2-14,20H,15-19,21H2,1H3. The number of aryl methyl sites for hydroxylation is 1. The molecule has 0 spiro atoms. The van der Waals surface area contributed by atoms with Crippen molar-refractivity contribution in [2.75, 3.05) is 31.1 Å². The molecular weight excluding hydrogens is 539 g/mol. The predicted molar refractivity (Wildman–Crippen MR) is 156 cm³/mol. The number of carbonyl (C=O) groups excluding carboxylic acids is 1. The molecule has 1 saturated heterocycles. The number of benzene rings is 3. The second-order valence-electron chi connectivity index (χ2n) is 9.83. The summed E-state index contributed by atoms with van der Waals surface area (Å²) >= 11 is 1.46. The number of carbonyl (C=O) groups is 1. The van der Waals surface area contributed by atoms with Crippen molar-refractivity contribution in [3.8, 4) is 5.69 Å². The maximum atomic E-state index is 14.2. The van der Waals surface area contributed by atoms with Crippen LogP contribution in [0.5, 0.6) is 0 Å². The Morgan fingerprint density at radius 1 is 0.902 bits per heavy atom. The zero-order chi connectivity index (χ0) is 28.2. The summed E-state index contributed by atoms with van der Waals surface area (Å²) in [5.41, 5.74) is 4.11. The second-order valence-corrected chi connectivity index (χ2v) is 10.8. The number of halogens is 1. The van der Waals surface area contributed by atoms with E-state index >= 15 is 0 Å². The average Bonchev–Trinajstić information content (AvgIpc) is 3.64. The number of piperazine rings is 1. The molecule has 10 heteroatoms. The Kier molecular flexibility index (Phi) is 7.82. The van der Waals surface area contributed by atoms with Crippen LogP contribution in [-0.2, 0) is 12.2 Å². The van der Waals surface area contributed by atoms with E-state index in [4.69, 9.17) is 4.42 Å². The van der Waals surface area contributed by atoms with Gasteiger partial charge in [0.15, 0.2) is 10.9 Å². The quantitative estimate of drug-likeness (QED) is 0.227. The van der Waals surface area contributed by atoms with E-state index in [2.05, 4.69) is 50.9 Å². The smallest absolute Gasteiger partial charge is 0.275 e. The number of thioether (sulfide) groups is 1. The third kappa shape index (κ3) is 5.88. The van der Waals surface area contributed by atoms with Crippen molar-refractivity contribution in [3.05, 3.63) is 119 Å². The van der Waals surface area contributed by atoms with Gasteiger partial charge < -0.3 is 14.2 Å². The minimum atomic E-state index is -0.253. The van der Waals surface area contributed by atoms with E-state index in [1.807, 2.05) is 41.3 Å². The first-order valence-electron chi connectivity index (χ1n) is 13.5. The lowest BCUT2D eigenvalue weighted by Gasteiger charge is -2.35. The van der Waals surface area contributed by atoms with Gasteiger partial charge in [-0.3, -0.25) is 9.36 Å². The number of hydrogen-bond acceptors (Lipinski definition) is 7. The summed E-state index contributed by atoms with van der Waals surface area (Å²) in [6, 6.07) is 25.0. The van der Waals surface area contributed by atoms with Crippen LogP contribution >= 0.6 is 11.8 Å². The molecule has 41 heavy (non-hydrogen) atoms. The highest BCUT2D eigenvalue weighted by Crippen LogP contribution is 2.28. The number of hydrogen-bond donors (Lipinski definition) is 0. The lowest BCUT2D eigenvalue weighted by molar-refractivity contribution is 0.0740. The Hall–Kier alpha value is -4.44. The zero-order valence-electron chi connectivity index (χ0n) is 22.6. The lowest BCUT2D eigenvalue weighted by atomic mass is 10.1. The number of para-hydroxylation sites is 2.